The zero-order valence-electron chi connectivity index (χ0n) is 12.8. The van der Waals surface area contributed by atoms with E-state index in [1.807, 2.05) is 17.6 Å². The van der Waals surface area contributed by atoms with Crippen molar-refractivity contribution in [2.45, 2.75) is 13.5 Å². The molecular weight excluding hydrogens is 331 g/mol. The van der Waals surface area contributed by atoms with E-state index >= 15 is 0 Å². The second-order valence-corrected chi connectivity index (χ2v) is 5.48. The molecule has 0 fully saturated rings. The number of hydrogen-bond donors (Lipinski definition) is 1. The number of rotatable bonds is 4. The summed E-state index contributed by atoms with van der Waals surface area (Å²) in [5.74, 6) is -0.577. The second kappa shape index (κ2) is 6.80. The summed E-state index contributed by atoms with van der Waals surface area (Å²) in [6, 6.07) is 11.2. The Hall–Kier alpha value is -2.73. The van der Waals surface area contributed by atoms with Crippen molar-refractivity contribution in [1.29, 1.82) is 0 Å². The van der Waals surface area contributed by atoms with E-state index in [4.69, 9.17) is 11.6 Å². The molecular formula is C17H14ClFN4O. The van der Waals surface area contributed by atoms with E-state index in [9.17, 15) is 9.18 Å². The minimum atomic E-state index is -0.665. The summed E-state index contributed by atoms with van der Waals surface area (Å²) in [7, 11) is 0. The molecule has 3 rings (SSSR count). The van der Waals surface area contributed by atoms with Crippen LogP contribution in [0, 0.1) is 5.82 Å². The topological polar surface area (TPSA) is 59.8 Å². The maximum absolute atomic E-state index is 13.8. The Kier molecular flexibility index (Phi) is 4.57. The first-order valence-electron chi connectivity index (χ1n) is 7.33. The third kappa shape index (κ3) is 3.14. The van der Waals surface area contributed by atoms with Crippen LogP contribution in [0.3, 0.4) is 0 Å². The van der Waals surface area contributed by atoms with E-state index < -0.39 is 11.7 Å². The van der Waals surface area contributed by atoms with E-state index in [0.717, 1.165) is 12.1 Å². The van der Waals surface area contributed by atoms with Crippen LogP contribution < -0.4 is 5.32 Å². The zero-order chi connectivity index (χ0) is 17.1. The lowest BCUT2D eigenvalue weighted by Crippen LogP contribution is -2.14. The number of halogens is 2. The number of aromatic nitrogens is 3. The summed E-state index contributed by atoms with van der Waals surface area (Å²) in [4.78, 5) is 12.3. The van der Waals surface area contributed by atoms with Crippen LogP contribution >= 0.6 is 11.6 Å². The molecule has 122 valence electrons. The first-order chi connectivity index (χ1) is 11.6. The normalized spacial score (nSPS) is 10.6. The van der Waals surface area contributed by atoms with Crippen LogP contribution in [0.1, 0.15) is 17.3 Å². The zero-order valence-corrected chi connectivity index (χ0v) is 13.6. The number of amides is 1. The molecule has 0 bridgehead atoms. The molecule has 1 N–H and O–H groups in total. The molecule has 1 aromatic heterocycles. The maximum atomic E-state index is 13.8. The molecule has 0 aliphatic rings. The molecule has 7 heteroatoms. The lowest BCUT2D eigenvalue weighted by Gasteiger charge is -2.09. The van der Waals surface area contributed by atoms with Crippen molar-refractivity contribution in [3.05, 3.63) is 65.2 Å². The third-order valence-electron chi connectivity index (χ3n) is 3.52. The Balaban J connectivity index is 1.89. The number of nitrogens with one attached hydrogen (secondary N) is 1. The number of nitrogens with zero attached hydrogens (tertiary/aromatic N) is 3. The number of carbonyl (C=O) groups excluding carboxylic acids is 1. The molecule has 24 heavy (non-hydrogen) atoms. The molecule has 0 saturated carbocycles. The summed E-state index contributed by atoms with van der Waals surface area (Å²) in [6.07, 6.45) is 1.64. The Labute approximate surface area is 143 Å². The van der Waals surface area contributed by atoms with Gasteiger partial charge >= 0.3 is 0 Å². The van der Waals surface area contributed by atoms with Crippen LogP contribution in [0.4, 0.5) is 10.1 Å². The van der Waals surface area contributed by atoms with E-state index in [0.29, 0.717) is 11.5 Å². The average Bonchev–Trinajstić information content (AvgIpc) is 3.03. The van der Waals surface area contributed by atoms with E-state index in [2.05, 4.69) is 15.5 Å². The molecule has 0 saturated heterocycles. The minimum Gasteiger partial charge on any atom is -0.322 e. The van der Waals surface area contributed by atoms with Gasteiger partial charge in [-0.1, -0.05) is 29.8 Å². The Morgan fingerprint density at radius 3 is 2.83 bits per heavy atom. The van der Waals surface area contributed by atoms with Gasteiger partial charge in [0.1, 0.15) is 12.1 Å². The molecule has 0 unspecified atom stereocenters. The van der Waals surface area contributed by atoms with Crippen LogP contribution in [0.2, 0.25) is 5.02 Å². The summed E-state index contributed by atoms with van der Waals surface area (Å²) in [5, 5.41) is 10.7. The summed E-state index contributed by atoms with van der Waals surface area (Å²) in [5.41, 5.74) is 1.13. The predicted octanol–water partition coefficient (Wildman–Crippen LogP) is 4.01. The molecule has 2 aromatic carbocycles. The van der Waals surface area contributed by atoms with Gasteiger partial charge in [-0.05, 0) is 31.2 Å². The highest BCUT2D eigenvalue weighted by molar-refractivity contribution is 6.34. The molecule has 1 amide bonds. The highest BCUT2D eigenvalue weighted by Crippen LogP contribution is 2.23. The SMILES string of the molecule is CCn1cnnc1-c1cccc(NC(=O)c2c(F)cccc2Cl)c1. The quantitative estimate of drug-likeness (QED) is 0.778. The van der Waals surface area contributed by atoms with Gasteiger partial charge in [-0.3, -0.25) is 4.79 Å². The van der Waals surface area contributed by atoms with Gasteiger partial charge in [0.2, 0.25) is 0 Å². The average molecular weight is 345 g/mol. The second-order valence-electron chi connectivity index (χ2n) is 5.07. The largest absolute Gasteiger partial charge is 0.322 e. The predicted molar refractivity (Wildman–Crippen MR) is 90.5 cm³/mol. The highest BCUT2D eigenvalue weighted by Gasteiger charge is 2.16. The Morgan fingerprint density at radius 1 is 1.29 bits per heavy atom. The lowest BCUT2D eigenvalue weighted by molar-refractivity contribution is 0.102. The van der Waals surface area contributed by atoms with Crippen LogP contribution in [0.15, 0.2) is 48.8 Å². The first kappa shape index (κ1) is 16.1. The molecule has 5 nitrogen and oxygen atoms in total. The van der Waals surface area contributed by atoms with Crippen LogP contribution in [0.25, 0.3) is 11.4 Å². The van der Waals surface area contributed by atoms with Gasteiger partial charge in [-0.25, -0.2) is 4.39 Å². The van der Waals surface area contributed by atoms with Crippen molar-refractivity contribution in [1.82, 2.24) is 14.8 Å². The van der Waals surface area contributed by atoms with Gasteiger partial charge in [-0.15, -0.1) is 10.2 Å². The van der Waals surface area contributed by atoms with Crippen LogP contribution in [-0.2, 0) is 6.54 Å². The van der Waals surface area contributed by atoms with Crippen molar-refractivity contribution in [3.63, 3.8) is 0 Å². The number of benzene rings is 2. The third-order valence-corrected chi connectivity index (χ3v) is 3.84. The number of aryl methyl sites for hydroxylation is 1. The van der Waals surface area contributed by atoms with Gasteiger partial charge in [-0.2, -0.15) is 0 Å². The highest BCUT2D eigenvalue weighted by atomic mass is 35.5. The van der Waals surface area contributed by atoms with Gasteiger partial charge in [0, 0.05) is 17.8 Å². The number of hydrogen-bond acceptors (Lipinski definition) is 3. The number of carbonyl (C=O) groups is 1. The van der Waals surface area contributed by atoms with Gasteiger partial charge in [0.05, 0.1) is 10.6 Å². The fourth-order valence-corrected chi connectivity index (χ4v) is 2.60. The summed E-state index contributed by atoms with van der Waals surface area (Å²) in [6.45, 7) is 2.71. The summed E-state index contributed by atoms with van der Waals surface area (Å²) >= 11 is 5.92. The van der Waals surface area contributed by atoms with Crippen LogP contribution in [-0.4, -0.2) is 20.7 Å². The van der Waals surface area contributed by atoms with Crippen LogP contribution in [0.5, 0.6) is 0 Å². The monoisotopic (exact) mass is 344 g/mol. The van der Waals surface area contributed by atoms with Gasteiger partial charge < -0.3 is 9.88 Å². The van der Waals surface area contributed by atoms with Crippen molar-refractivity contribution < 1.29 is 9.18 Å². The summed E-state index contributed by atoms with van der Waals surface area (Å²) < 4.78 is 15.7. The van der Waals surface area contributed by atoms with Gasteiger partial charge in [0.25, 0.3) is 5.91 Å². The molecule has 3 aromatic rings. The van der Waals surface area contributed by atoms with E-state index in [1.165, 1.54) is 18.2 Å². The fraction of sp³-hybridized carbons (Fsp3) is 0.118. The molecule has 0 radical (unpaired) electrons. The lowest BCUT2D eigenvalue weighted by atomic mass is 10.1. The molecule has 1 heterocycles. The Morgan fingerprint density at radius 2 is 2.08 bits per heavy atom. The number of anilines is 1. The Bertz CT molecular complexity index is 874. The van der Waals surface area contributed by atoms with Crippen molar-refractivity contribution >= 4 is 23.2 Å². The van der Waals surface area contributed by atoms with Crippen molar-refractivity contribution in [2.24, 2.45) is 0 Å². The van der Waals surface area contributed by atoms with Crippen molar-refractivity contribution in [3.8, 4) is 11.4 Å². The molecule has 0 aliphatic carbocycles. The standard InChI is InChI=1S/C17H14ClFN4O/c1-2-23-10-20-22-16(23)11-5-3-6-12(9-11)21-17(24)15-13(18)7-4-8-14(15)19/h3-10H,2H2,1H3,(H,21,24). The smallest absolute Gasteiger partial charge is 0.260 e. The first-order valence-corrected chi connectivity index (χ1v) is 7.71. The fourth-order valence-electron chi connectivity index (χ4n) is 2.35. The minimum absolute atomic E-state index is 0.0642. The molecule has 0 atom stereocenters. The molecule has 0 aliphatic heterocycles. The van der Waals surface area contributed by atoms with Crippen molar-refractivity contribution in [2.75, 3.05) is 5.32 Å². The maximum Gasteiger partial charge on any atom is 0.260 e. The molecule has 0 spiro atoms. The van der Waals surface area contributed by atoms with E-state index in [1.54, 1.807) is 24.5 Å². The van der Waals surface area contributed by atoms with E-state index in [-0.39, 0.29) is 10.6 Å². The van der Waals surface area contributed by atoms with Gasteiger partial charge in [0.15, 0.2) is 5.82 Å².